The van der Waals surface area contributed by atoms with E-state index >= 15 is 0 Å². The van der Waals surface area contributed by atoms with E-state index in [4.69, 9.17) is 4.74 Å². The average Bonchev–Trinajstić information content (AvgIpc) is 2.50. The van der Waals surface area contributed by atoms with Crippen molar-refractivity contribution in [1.29, 1.82) is 0 Å². The number of nitrogens with zero attached hydrogens (tertiary/aromatic N) is 4. The lowest BCUT2D eigenvalue weighted by Crippen LogP contribution is -2.37. The maximum atomic E-state index is 5.97. The third-order valence-corrected chi connectivity index (χ3v) is 3.71. The molecule has 1 aliphatic rings. The van der Waals surface area contributed by atoms with Crippen molar-refractivity contribution >= 4 is 0 Å². The molecule has 2 aromatic heterocycles. The Bertz CT molecular complexity index is 567. The van der Waals surface area contributed by atoms with Crippen LogP contribution < -0.4 is 4.74 Å². The quantitative estimate of drug-likeness (QED) is 0.861. The van der Waals surface area contributed by atoms with Gasteiger partial charge in [-0.3, -0.25) is 4.90 Å². The SMILES string of the molecule is Cc1cccc(OC2CCN(Cc3cncnc3)CC2)n1. The van der Waals surface area contributed by atoms with Gasteiger partial charge < -0.3 is 4.74 Å². The Hall–Kier alpha value is -2.01. The van der Waals surface area contributed by atoms with E-state index in [1.165, 1.54) is 0 Å². The summed E-state index contributed by atoms with van der Waals surface area (Å²) in [7, 11) is 0. The highest BCUT2D eigenvalue weighted by Crippen LogP contribution is 2.18. The van der Waals surface area contributed by atoms with Crippen LogP contribution in [0.5, 0.6) is 5.88 Å². The largest absolute Gasteiger partial charge is 0.474 e. The summed E-state index contributed by atoms with van der Waals surface area (Å²) in [5, 5.41) is 0. The first kappa shape index (κ1) is 13.9. The van der Waals surface area contributed by atoms with E-state index in [1.54, 1.807) is 6.33 Å². The van der Waals surface area contributed by atoms with Crippen molar-refractivity contribution in [1.82, 2.24) is 19.9 Å². The molecule has 0 unspecified atom stereocenters. The maximum absolute atomic E-state index is 5.97. The molecular formula is C16H20N4O. The number of aromatic nitrogens is 3. The van der Waals surface area contributed by atoms with E-state index in [-0.39, 0.29) is 6.10 Å². The topological polar surface area (TPSA) is 51.1 Å². The van der Waals surface area contributed by atoms with Crippen LogP contribution in [0.4, 0.5) is 0 Å². The minimum atomic E-state index is 0.266. The molecule has 0 aliphatic carbocycles. The van der Waals surface area contributed by atoms with Crippen molar-refractivity contribution in [3.63, 3.8) is 0 Å². The van der Waals surface area contributed by atoms with Crippen LogP contribution in [0.3, 0.4) is 0 Å². The third-order valence-electron chi connectivity index (χ3n) is 3.71. The molecule has 21 heavy (non-hydrogen) atoms. The van der Waals surface area contributed by atoms with Gasteiger partial charge in [-0.25, -0.2) is 15.0 Å². The molecule has 0 aromatic carbocycles. The van der Waals surface area contributed by atoms with Crippen LogP contribution in [0.25, 0.3) is 0 Å². The first-order chi connectivity index (χ1) is 10.3. The number of hydrogen-bond acceptors (Lipinski definition) is 5. The lowest BCUT2D eigenvalue weighted by Gasteiger charge is -2.31. The lowest BCUT2D eigenvalue weighted by atomic mass is 10.1. The molecule has 0 saturated carbocycles. The van der Waals surface area contributed by atoms with Gasteiger partial charge in [0, 0.05) is 49.4 Å². The molecule has 110 valence electrons. The number of rotatable bonds is 4. The Labute approximate surface area is 125 Å². The predicted molar refractivity (Wildman–Crippen MR) is 79.9 cm³/mol. The van der Waals surface area contributed by atoms with Crippen LogP contribution in [-0.4, -0.2) is 39.0 Å². The number of hydrogen-bond donors (Lipinski definition) is 0. The summed E-state index contributed by atoms with van der Waals surface area (Å²) in [6.45, 7) is 4.96. The molecule has 0 radical (unpaired) electrons. The summed E-state index contributed by atoms with van der Waals surface area (Å²) >= 11 is 0. The fourth-order valence-corrected chi connectivity index (χ4v) is 2.61. The standard InChI is InChI=1S/C16H20N4O/c1-13-3-2-4-16(19-13)21-15-5-7-20(8-6-15)11-14-9-17-12-18-10-14/h2-4,9-10,12,15H,5-8,11H2,1H3. The van der Waals surface area contributed by atoms with Gasteiger partial charge >= 0.3 is 0 Å². The van der Waals surface area contributed by atoms with Crippen molar-refractivity contribution in [2.45, 2.75) is 32.4 Å². The van der Waals surface area contributed by atoms with E-state index in [2.05, 4.69) is 19.9 Å². The van der Waals surface area contributed by atoms with E-state index in [9.17, 15) is 0 Å². The molecule has 5 nitrogen and oxygen atoms in total. The zero-order valence-electron chi connectivity index (χ0n) is 12.3. The number of aryl methyl sites for hydroxylation is 1. The van der Waals surface area contributed by atoms with Crippen molar-refractivity contribution in [3.8, 4) is 5.88 Å². The van der Waals surface area contributed by atoms with Gasteiger partial charge in [-0.1, -0.05) is 6.07 Å². The molecule has 2 aromatic rings. The Morgan fingerprint density at radius 2 is 1.95 bits per heavy atom. The number of piperidine rings is 1. The minimum Gasteiger partial charge on any atom is -0.474 e. The number of ether oxygens (including phenoxy) is 1. The molecule has 0 bridgehead atoms. The van der Waals surface area contributed by atoms with Gasteiger partial charge in [0.15, 0.2) is 0 Å². The fraction of sp³-hybridized carbons (Fsp3) is 0.438. The van der Waals surface area contributed by atoms with E-state index in [0.717, 1.165) is 49.6 Å². The van der Waals surface area contributed by atoms with Crippen molar-refractivity contribution in [2.75, 3.05) is 13.1 Å². The van der Waals surface area contributed by atoms with Crippen molar-refractivity contribution in [2.24, 2.45) is 0 Å². The first-order valence-electron chi connectivity index (χ1n) is 7.36. The number of likely N-dealkylation sites (tertiary alicyclic amines) is 1. The summed E-state index contributed by atoms with van der Waals surface area (Å²) in [5.41, 5.74) is 2.16. The van der Waals surface area contributed by atoms with Gasteiger partial charge in [0.05, 0.1) is 0 Å². The Balaban J connectivity index is 1.49. The van der Waals surface area contributed by atoms with Crippen molar-refractivity contribution < 1.29 is 4.74 Å². The van der Waals surface area contributed by atoms with E-state index < -0.39 is 0 Å². The van der Waals surface area contributed by atoms with Gasteiger partial charge in [-0.15, -0.1) is 0 Å². The minimum absolute atomic E-state index is 0.266. The summed E-state index contributed by atoms with van der Waals surface area (Å²) in [6, 6.07) is 5.90. The molecule has 0 spiro atoms. The second-order valence-electron chi connectivity index (χ2n) is 5.46. The zero-order valence-corrected chi connectivity index (χ0v) is 12.3. The van der Waals surface area contributed by atoms with Crippen LogP contribution in [-0.2, 0) is 6.54 Å². The van der Waals surface area contributed by atoms with Gasteiger partial charge in [-0.05, 0) is 25.8 Å². The Morgan fingerprint density at radius 3 is 2.67 bits per heavy atom. The van der Waals surface area contributed by atoms with Gasteiger partial charge in [0.1, 0.15) is 12.4 Å². The summed E-state index contributed by atoms with van der Waals surface area (Å²) in [5.74, 6) is 0.741. The highest BCUT2D eigenvalue weighted by Gasteiger charge is 2.21. The van der Waals surface area contributed by atoms with Gasteiger partial charge in [-0.2, -0.15) is 0 Å². The van der Waals surface area contributed by atoms with Gasteiger partial charge in [0.2, 0.25) is 5.88 Å². The van der Waals surface area contributed by atoms with E-state index in [1.807, 2.05) is 37.5 Å². The van der Waals surface area contributed by atoms with Crippen LogP contribution in [0, 0.1) is 6.92 Å². The maximum Gasteiger partial charge on any atom is 0.213 e. The normalized spacial score (nSPS) is 16.8. The number of pyridine rings is 1. The molecule has 3 rings (SSSR count). The fourth-order valence-electron chi connectivity index (χ4n) is 2.61. The highest BCUT2D eigenvalue weighted by molar-refractivity contribution is 5.15. The van der Waals surface area contributed by atoms with Crippen LogP contribution in [0.2, 0.25) is 0 Å². The zero-order chi connectivity index (χ0) is 14.5. The summed E-state index contributed by atoms with van der Waals surface area (Å²) in [4.78, 5) is 14.9. The predicted octanol–water partition coefficient (Wildman–Crippen LogP) is 2.22. The second kappa shape index (κ2) is 6.63. The molecule has 1 fully saturated rings. The first-order valence-corrected chi connectivity index (χ1v) is 7.36. The molecule has 1 saturated heterocycles. The van der Waals surface area contributed by atoms with E-state index in [0.29, 0.717) is 0 Å². The molecule has 1 aliphatic heterocycles. The van der Waals surface area contributed by atoms with Crippen LogP contribution in [0.1, 0.15) is 24.1 Å². The average molecular weight is 284 g/mol. The lowest BCUT2D eigenvalue weighted by molar-refractivity contribution is 0.0930. The molecule has 3 heterocycles. The molecular weight excluding hydrogens is 264 g/mol. The Morgan fingerprint density at radius 1 is 1.19 bits per heavy atom. The molecule has 5 heteroatoms. The summed E-state index contributed by atoms with van der Waals surface area (Å²) in [6.07, 6.45) is 7.66. The monoisotopic (exact) mass is 284 g/mol. The molecule has 0 N–H and O–H groups in total. The highest BCUT2D eigenvalue weighted by atomic mass is 16.5. The van der Waals surface area contributed by atoms with Crippen LogP contribution >= 0.6 is 0 Å². The molecule has 0 amide bonds. The molecule has 0 atom stereocenters. The summed E-state index contributed by atoms with van der Waals surface area (Å²) < 4.78 is 5.97. The van der Waals surface area contributed by atoms with Gasteiger partial charge in [0.25, 0.3) is 0 Å². The van der Waals surface area contributed by atoms with Crippen molar-refractivity contribution in [3.05, 3.63) is 48.2 Å². The van der Waals surface area contributed by atoms with Crippen LogP contribution in [0.15, 0.2) is 36.9 Å². The second-order valence-corrected chi connectivity index (χ2v) is 5.46. The smallest absolute Gasteiger partial charge is 0.213 e. The Kier molecular flexibility index (Phi) is 4.40. The third kappa shape index (κ3) is 3.98.